The Balaban J connectivity index is 0.00000264. The minimum atomic E-state index is -0.436. The number of nitrogens with zero attached hydrogens (tertiary/aromatic N) is 2. The smallest absolute Gasteiger partial charge is 0.241 e. The van der Waals surface area contributed by atoms with Crippen LogP contribution in [0.15, 0.2) is 36.7 Å². The van der Waals surface area contributed by atoms with Crippen molar-refractivity contribution in [2.75, 3.05) is 13.6 Å². The molecule has 0 radical (unpaired) electrons. The number of hydrogen-bond donors (Lipinski definition) is 2. The first kappa shape index (κ1) is 19.1. The van der Waals surface area contributed by atoms with Gasteiger partial charge in [0.15, 0.2) is 0 Å². The molecule has 2 unspecified atom stereocenters. The molecule has 2 N–H and O–H groups in total. The van der Waals surface area contributed by atoms with Gasteiger partial charge in [-0.2, -0.15) is 5.10 Å². The number of likely N-dealkylation sites (N-methyl/N-ethyl adjacent to an activating group) is 1. The second-order valence-corrected chi connectivity index (χ2v) is 5.37. The third-order valence-electron chi connectivity index (χ3n) is 3.63. The fourth-order valence-corrected chi connectivity index (χ4v) is 2.30. The minimum Gasteiger partial charge on any atom is -0.354 e. The lowest BCUT2D eigenvalue weighted by Crippen LogP contribution is -2.37. The molecule has 0 aliphatic rings. The highest BCUT2D eigenvalue weighted by molar-refractivity contribution is 5.85. The summed E-state index contributed by atoms with van der Waals surface area (Å²) < 4.78 is 14.6. The Morgan fingerprint density at radius 2 is 1.96 bits per heavy atom. The van der Waals surface area contributed by atoms with Crippen molar-refractivity contribution < 1.29 is 9.18 Å². The quantitative estimate of drug-likeness (QED) is 0.847. The lowest BCUT2D eigenvalue weighted by Gasteiger charge is -2.17. The number of rotatable bonds is 6. The van der Waals surface area contributed by atoms with E-state index < -0.39 is 6.04 Å². The topological polar surface area (TPSA) is 59.0 Å². The molecule has 1 aromatic carbocycles. The standard InChI is InChI=1S/C16H21FN4O.ClH/c1-11(12-4-6-14(17)7-5-12)8-19-16(22)15(18-2)13-9-20-21(3)10-13;/h4-7,9-11,15,18H,8H2,1-3H3,(H,19,22);1H. The highest BCUT2D eigenvalue weighted by Crippen LogP contribution is 2.16. The van der Waals surface area contributed by atoms with Crippen LogP contribution in [0, 0.1) is 5.82 Å². The highest BCUT2D eigenvalue weighted by atomic mass is 35.5. The van der Waals surface area contributed by atoms with E-state index in [0.717, 1.165) is 11.1 Å². The van der Waals surface area contributed by atoms with Crippen molar-refractivity contribution in [3.8, 4) is 0 Å². The summed E-state index contributed by atoms with van der Waals surface area (Å²) in [4.78, 5) is 12.3. The summed E-state index contributed by atoms with van der Waals surface area (Å²) in [5.74, 6) is -0.257. The van der Waals surface area contributed by atoms with Gasteiger partial charge in [-0.3, -0.25) is 9.48 Å². The van der Waals surface area contributed by atoms with Crippen molar-refractivity contribution in [1.82, 2.24) is 20.4 Å². The number of aryl methyl sites for hydroxylation is 1. The van der Waals surface area contributed by atoms with Crippen LogP contribution in [0.5, 0.6) is 0 Å². The van der Waals surface area contributed by atoms with Gasteiger partial charge in [0.05, 0.1) is 6.20 Å². The second-order valence-electron chi connectivity index (χ2n) is 5.37. The number of nitrogens with one attached hydrogen (secondary N) is 2. The van der Waals surface area contributed by atoms with E-state index in [0.29, 0.717) is 6.54 Å². The number of carbonyl (C=O) groups is 1. The number of carbonyl (C=O) groups excluding carboxylic acids is 1. The molecule has 1 amide bonds. The molecule has 0 fully saturated rings. The minimum absolute atomic E-state index is 0. The van der Waals surface area contributed by atoms with Gasteiger partial charge in [0.1, 0.15) is 11.9 Å². The number of aromatic nitrogens is 2. The molecular formula is C16H22ClFN4O. The summed E-state index contributed by atoms with van der Waals surface area (Å²) in [5.41, 5.74) is 1.81. The van der Waals surface area contributed by atoms with Crippen molar-refractivity contribution in [2.45, 2.75) is 18.9 Å². The van der Waals surface area contributed by atoms with E-state index in [1.54, 1.807) is 30.1 Å². The third kappa shape index (κ3) is 5.04. The van der Waals surface area contributed by atoms with Crippen LogP contribution < -0.4 is 10.6 Å². The molecule has 1 heterocycles. The van der Waals surface area contributed by atoms with Gasteiger partial charge in [-0.1, -0.05) is 19.1 Å². The number of benzene rings is 1. The lowest BCUT2D eigenvalue weighted by molar-refractivity contribution is -0.123. The SMILES string of the molecule is CNC(C(=O)NCC(C)c1ccc(F)cc1)c1cnn(C)c1.Cl. The van der Waals surface area contributed by atoms with Crippen molar-refractivity contribution in [2.24, 2.45) is 7.05 Å². The van der Waals surface area contributed by atoms with E-state index in [4.69, 9.17) is 0 Å². The molecule has 0 saturated heterocycles. The Kier molecular flexibility index (Phi) is 7.19. The normalized spacial score (nSPS) is 13.0. The van der Waals surface area contributed by atoms with Gasteiger partial charge in [-0.05, 0) is 30.7 Å². The second kappa shape index (κ2) is 8.64. The Labute approximate surface area is 141 Å². The van der Waals surface area contributed by atoms with E-state index >= 15 is 0 Å². The molecule has 1 aromatic heterocycles. The van der Waals surface area contributed by atoms with Crippen LogP contribution in [-0.4, -0.2) is 29.3 Å². The Morgan fingerprint density at radius 1 is 1.30 bits per heavy atom. The molecule has 5 nitrogen and oxygen atoms in total. The van der Waals surface area contributed by atoms with Crippen LogP contribution in [0.3, 0.4) is 0 Å². The molecule has 126 valence electrons. The molecule has 2 atom stereocenters. The Morgan fingerprint density at radius 3 is 2.48 bits per heavy atom. The van der Waals surface area contributed by atoms with Crippen molar-refractivity contribution in [3.05, 3.63) is 53.6 Å². The van der Waals surface area contributed by atoms with Gasteiger partial charge in [-0.15, -0.1) is 12.4 Å². The Hall–Kier alpha value is -1.92. The monoisotopic (exact) mass is 340 g/mol. The summed E-state index contributed by atoms with van der Waals surface area (Å²) in [7, 11) is 3.55. The van der Waals surface area contributed by atoms with Crippen LogP contribution in [0.25, 0.3) is 0 Å². The summed E-state index contributed by atoms with van der Waals surface area (Å²) in [6.07, 6.45) is 3.48. The van der Waals surface area contributed by atoms with Crippen molar-refractivity contribution >= 4 is 18.3 Å². The van der Waals surface area contributed by atoms with Gasteiger partial charge in [0.25, 0.3) is 0 Å². The Bertz CT molecular complexity index is 629. The average molecular weight is 341 g/mol. The first-order valence-corrected chi connectivity index (χ1v) is 7.20. The highest BCUT2D eigenvalue weighted by Gasteiger charge is 2.20. The van der Waals surface area contributed by atoms with Gasteiger partial charge in [0.2, 0.25) is 5.91 Å². The van der Waals surface area contributed by atoms with Crippen molar-refractivity contribution in [3.63, 3.8) is 0 Å². The fourth-order valence-electron chi connectivity index (χ4n) is 2.30. The lowest BCUT2D eigenvalue weighted by atomic mass is 10.0. The number of hydrogen-bond acceptors (Lipinski definition) is 3. The molecule has 0 spiro atoms. The summed E-state index contributed by atoms with van der Waals surface area (Å²) in [6.45, 7) is 2.48. The molecule has 0 saturated carbocycles. The van der Waals surface area contributed by atoms with Crippen LogP contribution >= 0.6 is 12.4 Å². The summed E-state index contributed by atoms with van der Waals surface area (Å²) >= 11 is 0. The number of amides is 1. The van der Waals surface area contributed by atoms with Crippen LogP contribution in [0.2, 0.25) is 0 Å². The molecule has 0 aliphatic heterocycles. The zero-order valence-corrected chi connectivity index (χ0v) is 14.2. The first-order valence-electron chi connectivity index (χ1n) is 7.20. The molecule has 7 heteroatoms. The molecule has 0 aliphatic carbocycles. The van der Waals surface area contributed by atoms with Crippen molar-refractivity contribution in [1.29, 1.82) is 0 Å². The van der Waals surface area contributed by atoms with Gasteiger partial charge in [0, 0.05) is 25.4 Å². The predicted octanol–water partition coefficient (Wildman–Crippen LogP) is 2.16. The van der Waals surface area contributed by atoms with E-state index in [1.165, 1.54) is 12.1 Å². The van der Waals surface area contributed by atoms with Crippen LogP contribution in [0.4, 0.5) is 4.39 Å². The van der Waals surface area contributed by atoms with E-state index in [1.807, 2.05) is 20.2 Å². The fraction of sp³-hybridized carbons (Fsp3) is 0.375. The number of halogens is 2. The van der Waals surface area contributed by atoms with E-state index in [-0.39, 0.29) is 30.0 Å². The maximum Gasteiger partial charge on any atom is 0.241 e. The summed E-state index contributed by atoms with van der Waals surface area (Å²) in [6, 6.07) is 5.90. The van der Waals surface area contributed by atoms with Gasteiger partial charge in [-0.25, -0.2) is 4.39 Å². The molecule has 23 heavy (non-hydrogen) atoms. The van der Waals surface area contributed by atoms with E-state index in [2.05, 4.69) is 15.7 Å². The molecule has 2 rings (SSSR count). The maximum atomic E-state index is 12.9. The summed E-state index contributed by atoms with van der Waals surface area (Å²) in [5, 5.41) is 9.99. The van der Waals surface area contributed by atoms with Gasteiger partial charge < -0.3 is 10.6 Å². The first-order chi connectivity index (χ1) is 10.5. The molecule has 2 aromatic rings. The maximum absolute atomic E-state index is 12.9. The van der Waals surface area contributed by atoms with Crippen LogP contribution in [0.1, 0.15) is 30.0 Å². The zero-order chi connectivity index (χ0) is 16.1. The largest absolute Gasteiger partial charge is 0.354 e. The van der Waals surface area contributed by atoms with E-state index in [9.17, 15) is 9.18 Å². The molecule has 0 bridgehead atoms. The third-order valence-corrected chi connectivity index (χ3v) is 3.63. The predicted molar refractivity (Wildman–Crippen MR) is 90.1 cm³/mol. The van der Waals surface area contributed by atoms with Gasteiger partial charge >= 0.3 is 0 Å². The average Bonchev–Trinajstić information content (AvgIpc) is 2.92. The van der Waals surface area contributed by atoms with Crippen LogP contribution in [-0.2, 0) is 11.8 Å². The zero-order valence-electron chi connectivity index (χ0n) is 13.4. The molecular weight excluding hydrogens is 319 g/mol.